The molecule has 0 N–H and O–H groups in total. The van der Waals surface area contributed by atoms with Gasteiger partial charge in [-0.2, -0.15) is 5.10 Å². The zero-order valence-electron chi connectivity index (χ0n) is 16.9. The Kier molecular flexibility index (Phi) is 4.83. The summed E-state index contributed by atoms with van der Waals surface area (Å²) >= 11 is 1.56. The highest BCUT2D eigenvalue weighted by Crippen LogP contribution is 2.30. The molecule has 0 atom stereocenters. The summed E-state index contributed by atoms with van der Waals surface area (Å²) in [5, 5.41) is 7.10. The second-order valence-corrected chi connectivity index (χ2v) is 7.97. The van der Waals surface area contributed by atoms with E-state index in [1.54, 1.807) is 22.1 Å². The van der Waals surface area contributed by atoms with Crippen LogP contribution >= 0.6 is 11.3 Å². The SMILES string of the molecule is Cc1nn(C)c2nc(-c3cccs3)cc(C(=O)OCc3coc(-c4ccccc4)n3)c12. The molecule has 7 nitrogen and oxygen atoms in total. The molecule has 0 unspecified atom stereocenters. The second kappa shape index (κ2) is 7.81. The van der Waals surface area contributed by atoms with Crippen LogP contribution in [-0.2, 0) is 18.4 Å². The van der Waals surface area contributed by atoms with Crippen molar-refractivity contribution in [3.05, 3.63) is 77.1 Å². The third kappa shape index (κ3) is 3.62. The number of hydrogen-bond acceptors (Lipinski definition) is 7. The zero-order valence-corrected chi connectivity index (χ0v) is 17.7. The molecule has 154 valence electrons. The van der Waals surface area contributed by atoms with Crippen LogP contribution in [0.15, 0.2) is 64.6 Å². The highest BCUT2D eigenvalue weighted by molar-refractivity contribution is 7.13. The van der Waals surface area contributed by atoms with E-state index >= 15 is 0 Å². The van der Waals surface area contributed by atoms with Crippen LogP contribution < -0.4 is 0 Å². The average Bonchev–Trinajstić information content (AvgIpc) is 3.54. The first-order valence-corrected chi connectivity index (χ1v) is 10.5. The van der Waals surface area contributed by atoms with Crippen LogP contribution in [0.5, 0.6) is 0 Å². The van der Waals surface area contributed by atoms with E-state index in [9.17, 15) is 4.79 Å². The van der Waals surface area contributed by atoms with Gasteiger partial charge >= 0.3 is 5.97 Å². The number of oxazole rings is 1. The maximum Gasteiger partial charge on any atom is 0.339 e. The van der Waals surface area contributed by atoms with Gasteiger partial charge in [-0.25, -0.2) is 14.8 Å². The second-order valence-electron chi connectivity index (χ2n) is 7.03. The van der Waals surface area contributed by atoms with E-state index in [0.717, 1.165) is 16.1 Å². The number of aryl methyl sites for hydroxylation is 2. The molecule has 0 radical (unpaired) electrons. The largest absolute Gasteiger partial charge is 0.455 e. The molecular weight excluding hydrogens is 412 g/mol. The standard InChI is InChI=1S/C23H18N4O3S/c1-14-20-17(11-18(19-9-6-10-31-19)25-21(20)27(2)26-14)23(28)30-13-16-12-29-22(24-16)15-7-4-3-5-8-15/h3-12H,13H2,1-2H3. The van der Waals surface area contributed by atoms with Crippen molar-refractivity contribution in [2.45, 2.75) is 13.5 Å². The first-order valence-electron chi connectivity index (χ1n) is 9.65. The van der Waals surface area contributed by atoms with Gasteiger partial charge in [0.15, 0.2) is 5.65 Å². The topological polar surface area (TPSA) is 83.0 Å². The molecule has 0 fully saturated rings. The fraction of sp³-hybridized carbons (Fsp3) is 0.130. The molecule has 0 aliphatic carbocycles. The fourth-order valence-electron chi connectivity index (χ4n) is 3.46. The van der Waals surface area contributed by atoms with E-state index < -0.39 is 5.97 Å². The number of nitrogens with zero attached hydrogens (tertiary/aromatic N) is 4. The van der Waals surface area contributed by atoms with Crippen LogP contribution in [0.4, 0.5) is 0 Å². The quantitative estimate of drug-likeness (QED) is 0.364. The molecule has 8 heteroatoms. The van der Waals surface area contributed by atoms with Crippen LogP contribution in [0.1, 0.15) is 21.7 Å². The predicted octanol–water partition coefficient (Wildman–Crippen LogP) is 5.02. The van der Waals surface area contributed by atoms with Crippen LogP contribution in [0.3, 0.4) is 0 Å². The summed E-state index contributed by atoms with van der Waals surface area (Å²) in [6, 6.07) is 15.3. The van der Waals surface area contributed by atoms with Crippen molar-refractivity contribution in [1.29, 1.82) is 0 Å². The number of carbonyl (C=O) groups is 1. The number of benzene rings is 1. The van der Waals surface area contributed by atoms with Gasteiger partial charge in [-0.15, -0.1) is 11.3 Å². The summed E-state index contributed by atoms with van der Waals surface area (Å²) in [4.78, 5) is 23.2. The Labute approximate surface area is 182 Å². The minimum Gasteiger partial charge on any atom is -0.455 e. The zero-order chi connectivity index (χ0) is 21.4. The third-order valence-corrected chi connectivity index (χ3v) is 5.78. The molecule has 0 saturated heterocycles. The van der Waals surface area contributed by atoms with E-state index in [0.29, 0.717) is 33.9 Å². The number of rotatable bonds is 5. The summed E-state index contributed by atoms with van der Waals surface area (Å²) in [5.41, 5.74) is 3.92. The lowest BCUT2D eigenvalue weighted by Crippen LogP contribution is -2.07. The van der Waals surface area contributed by atoms with E-state index in [-0.39, 0.29) is 6.61 Å². The molecule has 5 rings (SSSR count). The van der Waals surface area contributed by atoms with Crippen LogP contribution in [0.2, 0.25) is 0 Å². The molecule has 0 aliphatic heterocycles. The Morgan fingerprint density at radius 1 is 1.16 bits per heavy atom. The monoisotopic (exact) mass is 430 g/mol. The molecule has 31 heavy (non-hydrogen) atoms. The van der Waals surface area contributed by atoms with Gasteiger partial charge in [-0.05, 0) is 36.6 Å². The van der Waals surface area contributed by atoms with Crippen molar-refractivity contribution in [1.82, 2.24) is 19.7 Å². The van der Waals surface area contributed by atoms with E-state index in [4.69, 9.17) is 14.1 Å². The number of hydrogen-bond donors (Lipinski definition) is 0. The Hall–Kier alpha value is -3.78. The number of carbonyl (C=O) groups excluding carboxylic acids is 1. The van der Waals surface area contributed by atoms with Crippen molar-refractivity contribution in [3.63, 3.8) is 0 Å². The van der Waals surface area contributed by atoms with Gasteiger partial charge < -0.3 is 9.15 Å². The summed E-state index contributed by atoms with van der Waals surface area (Å²) in [5.74, 6) is 0.0339. The minimum atomic E-state index is -0.453. The molecule has 0 aliphatic rings. The van der Waals surface area contributed by atoms with Crippen molar-refractivity contribution < 1.29 is 13.9 Å². The summed E-state index contributed by atoms with van der Waals surface area (Å²) in [6.07, 6.45) is 1.50. The number of aromatic nitrogens is 4. The van der Waals surface area contributed by atoms with Crippen molar-refractivity contribution >= 4 is 28.3 Å². The molecule has 5 aromatic rings. The van der Waals surface area contributed by atoms with E-state index in [1.807, 2.05) is 61.8 Å². The highest BCUT2D eigenvalue weighted by atomic mass is 32.1. The Morgan fingerprint density at radius 3 is 2.77 bits per heavy atom. The molecule has 4 aromatic heterocycles. The Balaban J connectivity index is 1.44. The Morgan fingerprint density at radius 2 is 2.00 bits per heavy atom. The first kappa shape index (κ1) is 19.2. The molecular formula is C23H18N4O3S. The third-order valence-electron chi connectivity index (χ3n) is 4.89. The smallest absolute Gasteiger partial charge is 0.339 e. The van der Waals surface area contributed by atoms with Crippen LogP contribution in [-0.4, -0.2) is 25.7 Å². The molecule has 4 heterocycles. The van der Waals surface area contributed by atoms with Gasteiger partial charge in [0.25, 0.3) is 0 Å². The van der Waals surface area contributed by atoms with E-state index in [1.165, 1.54) is 6.26 Å². The maximum absolute atomic E-state index is 13.1. The maximum atomic E-state index is 13.1. The van der Waals surface area contributed by atoms with E-state index in [2.05, 4.69) is 10.1 Å². The molecule has 0 spiro atoms. The predicted molar refractivity (Wildman–Crippen MR) is 118 cm³/mol. The van der Waals surface area contributed by atoms with Crippen LogP contribution in [0.25, 0.3) is 33.1 Å². The summed E-state index contributed by atoms with van der Waals surface area (Å²) < 4.78 is 12.8. The number of ether oxygens (including phenoxy) is 1. The van der Waals surface area contributed by atoms with Gasteiger partial charge in [0, 0.05) is 12.6 Å². The van der Waals surface area contributed by atoms with Crippen LogP contribution in [0, 0.1) is 6.92 Å². The van der Waals surface area contributed by atoms with Crippen molar-refractivity contribution in [2.24, 2.45) is 7.05 Å². The lowest BCUT2D eigenvalue weighted by atomic mass is 10.1. The Bertz CT molecular complexity index is 1370. The average molecular weight is 430 g/mol. The van der Waals surface area contributed by atoms with Gasteiger partial charge in [-0.1, -0.05) is 24.3 Å². The summed E-state index contributed by atoms with van der Waals surface area (Å²) in [6.45, 7) is 1.86. The summed E-state index contributed by atoms with van der Waals surface area (Å²) in [7, 11) is 1.82. The normalized spacial score (nSPS) is 11.2. The lowest BCUT2D eigenvalue weighted by Gasteiger charge is -2.07. The van der Waals surface area contributed by atoms with Gasteiger partial charge in [0.1, 0.15) is 18.6 Å². The number of pyridine rings is 1. The molecule has 0 amide bonds. The lowest BCUT2D eigenvalue weighted by molar-refractivity contribution is 0.0470. The van der Waals surface area contributed by atoms with Gasteiger partial charge in [0.2, 0.25) is 5.89 Å². The molecule has 1 aromatic carbocycles. The van der Waals surface area contributed by atoms with Crippen molar-refractivity contribution in [2.75, 3.05) is 0 Å². The van der Waals surface area contributed by atoms with Crippen molar-refractivity contribution in [3.8, 4) is 22.0 Å². The van der Waals surface area contributed by atoms with Gasteiger partial charge in [-0.3, -0.25) is 4.68 Å². The minimum absolute atomic E-state index is 0.00658. The first-order chi connectivity index (χ1) is 15.1. The fourth-order valence-corrected chi connectivity index (χ4v) is 4.15. The highest BCUT2D eigenvalue weighted by Gasteiger charge is 2.21. The molecule has 0 saturated carbocycles. The number of esters is 1. The number of fused-ring (bicyclic) bond motifs is 1. The number of thiophene rings is 1. The molecule has 0 bridgehead atoms. The van der Waals surface area contributed by atoms with Gasteiger partial charge in [0.05, 0.1) is 27.2 Å².